The van der Waals surface area contributed by atoms with Gasteiger partial charge in [-0.15, -0.1) is 0 Å². The lowest BCUT2D eigenvalue weighted by Crippen LogP contribution is -2.34. The van der Waals surface area contributed by atoms with E-state index in [0.29, 0.717) is 42.8 Å². The summed E-state index contributed by atoms with van der Waals surface area (Å²) < 4.78 is 11.0. The van der Waals surface area contributed by atoms with Gasteiger partial charge in [0.2, 0.25) is 0 Å². The van der Waals surface area contributed by atoms with Crippen molar-refractivity contribution < 1.29 is 14.3 Å². The van der Waals surface area contributed by atoms with Crippen LogP contribution in [0.5, 0.6) is 11.5 Å². The van der Waals surface area contributed by atoms with Crippen molar-refractivity contribution in [1.82, 2.24) is 15.6 Å². The van der Waals surface area contributed by atoms with Crippen LogP contribution in [0.3, 0.4) is 0 Å². The van der Waals surface area contributed by atoms with Gasteiger partial charge in [0.05, 0.1) is 5.02 Å². The van der Waals surface area contributed by atoms with Gasteiger partial charge in [-0.3, -0.25) is 0 Å². The Kier molecular flexibility index (Phi) is 6.81. The Morgan fingerprint density at radius 1 is 1.11 bits per heavy atom. The van der Waals surface area contributed by atoms with E-state index in [2.05, 4.69) is 34.4 Å². The van der Waals surface area contributed by atoms with Crippen LogP contribution in [0.2, 0.25) is 5.02 Å². The van der Waals surface area contributed by atoms with E-state index in [0.717, 1.165) is 30.0 Å². The normalized spacial score (nSPS) is 12.4. The van der Waals surface area contributed by atoms with Gasteiger partial charge in [0.25, 0.3) is 0 Å². The van der Waals surface area contributed by atoms with Gasteiger partial charge in [0.1, 0.15) is 19.0 Å². The number of ether oxygens (including phenoxy) is 2. The minimum Gasteiger partial charge on any atom is -0.486 e. The number of fused-ring (bicyclic) bond motifs is 1. The summed E-state index contributed by atoms with van der Waals surface area (Å²) >= 11 is 6.22. The molecule has 0 aliphatic carbocycles. The molecule has 0 saturated carbocycles. The van der Waals surface area contributed by atoms with Crippen LogP contribution in [0.15, 0.2) is 30.5 Å². The zero-order valence-corrected chi connectivity index (χ0v) is 16.9. The van der Waals surface area contributed by atoms with E-state index in [1.807, 2.05) is 18.2 Å². The van der Waals surface area contributed by atoms with Crippen LogP contribution < -0.4 is 25.0 Å². The molecule has 2 N–H and O–H groups in total. The van der Waals surface area contributed by atoms with Gasteiger partial charge in [0.15, 0.2) is 11.5 Å². The summed E-state index contributed by atoms with van der Waals surface area (Å²) in [5.74, 6) is 2.10. The smallest absolute Gasteiger partial charge is 0.315 e. The van der Waals surface area contributed by atoms with Crippen molar-refractivity contribution in [2.24, 2.45) is 0 Å². The van der Waals surface area contributed by atoms with E-state index in [1.165, 1.54) is 0 Å². The highest BCUT2D eigenvalue weighted by Crippen LogP contribution is 2.38. The molecule has 0 bridgehead atoms. The van der Waals surface area contributed by atoms with Crippen molar-refractivity contribution >= 4 is 23.4 Å². The second-order valence-corrected chi connectivity index (χ2v) is 6.74. The number of amides is 2. The molecule has 3 rings (SSSR count). The highest BCUT2D eigenvalue weighted by molar-refractivity contribution is 6.32. The first-order valence-corrected chi connectivity index (χ1v) is 9.78. The van der Waals surface area contributed by atoms with Gasteiger partial charge in [-0.2, -0.15) is 0 Å². The number of anilines is 1. The topological polar surface area (TPSA) is 75.7 Å². The van der Waals surface area contributed by atoms with Gasteiger partial charge < -0.3 is 25.0 Å². The summed E-state index contributed by atoms with van der Waals surface area (Å²) in [6, 6.07) is 7.28. The maximum atomic E-state index is 12.1. The molecule has 0 atom stereocenters. The van der Waals surface area contributed by atoms with Crippen molar-refractivity contribution in [3.8, 4) is 11.5 Å². The van der Waals surface area contributed by atoms with Gasteiger partial charge in [-0.25, -0.2) is 9.78 Å². The average molecular weight is 405 g/mol. The van der Waals surface area contributed by atoms with Crippen LogP contribution in [0.25, 0.3) is 0 Å². The molecule has 0 saturated heterocycles. The molecule has 150 valence electrons. The minimum atomic E-state index is -0.265. The maximum absolute atomic E-state index is 12.1. The molecule has 28 heavy (non-hydrogen) atoms. The number of aromatic nitrogens is 1. The van der Waals surface area contributed by atoms with Crippen molar-refractivity contribution in [2.45, 2.75) is 26.9 Å². The fourth-order valence-corrected chi connectivity index (χ4v) is 3.24. The Balaban J connectivity index is 1.49. The fourth-order valence-electron chi connectivity index (χ4n) is 2.95. The lowest BCUT2D eigenvalue weighted by molar-refractivity contribution is 0.171. The van der Waals surface area contributed by atoms with E-state index < -0.39 is 0 Å². The Bertz CT molecular complexity index is 810. The summed E-state index contributed by atoms with van der Waals surface area (Å²) in [6.45, 7) is 7.72. The van der Waals surface area contributed by atoms with E-state index in [4.69, 9.17) is 21.1 Å². The number of carbonyl (C=O) groups excluding carboxylic acids is 1. The number of halogens is 1. The number of benzene rings is 1. The number of hydrogen-bond donors (Lipinski definition) is 2. The molecule has 0 radical (unpaired) electrons. The number of urea groups is 1. The fraction of sp³-hybridized carbons (Fsp3) is 0.400. The predicted octanol–water partition coefficient (Wildman–Crippen LogP) is 3.35. The molecule has 2 amide bonds. The second-order valence-electron chi connectivity index (χ2n) is 6.33. The number of nitrogens with zero attached hydrogens (tertiary/aromatic N) is 2. The van der Waals surface area contributed by atoms with Gasteiger partial charge >= 0.3 is 6.03 Å². The Morgan fingerprint density at radius 3 is 2.50 bits per heavy atom. The van der Waals surface area contributed by atoms with Crippen molar-refractivity contribution in [3.63, 3.8) is 0 Å². The molecular formula is C20H25ClN4O3. The third-order valence-electron chi connectivity index (χ3n) is 4.46. The van der Waals surface area contributed by atoms with Gasteiger partial charge in [-0.1, -0.05) is 17.7 Å². The molecule has 8 heteroatoms. The largest absolute Gasteiger partial charge is 0.486 e. The third-order valence-corrected chi connectivity index (χ3v) is 4.74. The molecule has 1 aromatic carbocycles. The van der Waals surface area contributed by atoms with E-state index in [1.54, 1.807) is 12.3 Å². The van der Waals surface area contributed by atoms with Crippen molar-refractivity contribution in [1.29, 1.82) is 0 Å². The second kappa shape index (κ2) is 9.50. The molecule has 0 spiro atoms. The molecular weight excluding hydrogens is 380 g/mol. The van der Waals surface area contributed by atoms with Crippen LogP contribution in [0, 0.1) is 0 Å². The number of nitrogens with one attached hydrogen (secondary N) is 2. The summed E-state index contributed by atoms with van der Waals surface area (Å²) in [5.41, 5.74) is 1.78. The molecule has 0 fully saturated rings. The van der Waals surface area contributed by atoms with Gasteiger partial charge in [-0.05, 0) is 43.2 Å². The highest BCUT2D eigenvalue weighted by atomic mass is 35.5. The third kappa shape index (κ3) is 4.98. The zero-order valence-electron chi connectivity index (χ0n) is 16.1. The van der Waals surface area contributed by atoms with Crippen LogP contribution in [0.1, 0.15) is 25.0 Å². The molecule has 1 aliphatic rings. The molecule has 2 aromatic rings. The monoisotopic (exact) mass is 404 g/mol. The molecule has 0 unspecified atom stereocenters. The Labute approximate surface area is 170 Å². The standard InChI is InChI=1S/C20H25ClN4O3/c1-3-25(4-2)18-6-5-14(11-22-18)12-23-20(26)24-13-15-9-16(21)19-17(10-15)27-7-8-28-19/h5-6,9-11H,3-4,7-8,12-13H2,1-2H3,(H2,23,24,26). The Hall–Kier alpha value is -2.67. The summed E-state index contributed by atoms with van der Waals surface area (Å²) in [4.78, 5) is 18.7. The quantitative estimate of drug-likeness (QED) is 0.740. The number of hydrogen-bond acceptors (Lipinski definition) is 5. The predicted molar refractivity (Wildman–Crippen MR) is 109 cm³/mol. The SMILES string of the molecule is CCN(CC)c1ccc(CNC(=O)NCc2cc(Cl)c3c(c2)OCCO3)cn1. The van der Waals surface area contributed by atoms with Crippen LogP contribution in [-0.4, -0.2) is 37.3 Å². The highest BCUT2D eigenvalue weighted by Gasteiger charge is 2.16. The lowest BCUT2D eigenvalue weighted by atomic mass is 10.2. The number of pyridine rings is 1. The molecule has 7 nitrogen and oxygen atoms in total. The summed E-state index contributed by atoms with van der Waals surface area (Å²) in [7, 11) is 0. The molecule has 2 heterocycles. The minimum absolute atomic E-state index is 0.265. The maximum Gasteiger partial charge on any atom is 0.315 e. The summed E-state index contributed by atoms with van der Waals surface area (Å²) in [6.07, 6.45) is 1.79. The first kappa shape index (κ1) is 20.1. The van der Waals surface area contributed by atoms with E-state index in [-0.39, 0.29) is 6.03 Å². The van der Waals surface area contributed by atoms with Crippen LogP contribution in [-0.2, 0) is 13.1 Å². The number of carbonyl (C=O) groups is 1. The van der Waals surface area contributed by atoms with Crippen molar-refractivity contribution in [2.75, 3.05) is 31.2 Å². The van der Waals surface area contributed by atoms with E-state index in [9.17, 15) is 4.79 Å². The molecule has 1 aromatic heterocycles. The first-order chi connectivity index (χ1) is 13.6. The Morgan fingerprint density at radius 2 is 1.82 bits per heavy atom. The van der Waals surface area contributed by atoms with E-state index >= 15 is 0 Å². The number of rotatable bonds is 7. The molecule has 1 aliphatic heterocycles. The van der Waals surface area contributed by atoms with Crippen LogP contribution >= 0.6 is 11.6 Å². The first-order valence-electron chi connectivity index (χ1n) is 9.40. The summed E-state index contributed by atoms with van der Waals surface area (Å²) in [5, 5.41) is 6.13. The lowest BCUT2D eigenvalue weighted by Gasteiger charge is -2.20. The average Bonchev–Trinajstić information content (AvgIpc) is 2.72. The van der Waals surface area contributed by atoms with Crippen LogP contribution in [0.4, 0.5) is 10.6 Å². The van der Waals surface area contributed by atoms with Gasteiger partial charge in [0, 0.05) is 32.4 Å². The van der Waals surface area contributed by atoms with Crippen molar-refractivity contribution in [3.05, 3.63) is 46.6 Å². The zero-order chi connectivity index (χ0) is 19.9.